The van der Waals surface area contributed by atoms with Crippen molar-refractivity contribution in [2.45, 2.75) is 57.7 Å². The monoisotopic (exact) mass is 417 g/mol. The molecule has 160 valence electrons. The maximum atomic E-state index is 10.6. The molecule has 0 aliphatic carbocycles. The number of aromatic hydroxyl groups is 1. The van der Waals surface area contributed by atoms with Crippen LogP contribution < -0.4 is 5.32 Å². The van der Waals surface area contributed by atoms with Crippen LogP contribution in [0.4, 0.5) is 0 Å². The Bertz CT molecular complexity index is 1220. The second-order valence-electron chi connectivity index (χ2n) is 9.77. The van der Waals surface area contributed by atoms with Crippen LogP contribution in [0, 0.1) is 0 Å². The quantitative estimate of drug-likeness (QED) is 0.464. The molecule has 8 nitrogen and oxygen atoms in total. The van der Waals surface area contributed by atoms with E-state index in [0.717, 1.165) is 35.0 Å². The van der Waals surface area contributed by atoms with E-state index in [1.54, 1.807) is 24.7 Å². The number of hydrogen-bond donors (Lipinski definition) is 3. The van der Waals surface area contributed by atoms with Crippen molar-refractivity contribution in [2.75, 3.05) is 0 Å². The van der Waals surface area contributed by atoms with Crippen LogP contribution in [0.5, 0.6) is 5.75 Å². The van der Waals surface area contributed by atoms with Crippen molar-refractivity contribution in [3.8, 4) is 28.3 Å². The van der Waals surface area contributed by atoms with E-state index in [0.29, 0.717) is 17.4 Å². The predicted octanol–water partition coefficient (Wildman–Crippen LogP) is 4.07. The van der Waals surface area contributed by atoms with Crippen LogP contribution in [0.15, 0.2) is 43.0 Å². The molecule has 1 saturated heterocycles. The molecule has 0 unspecified atom stereocenters. The Morgan fingerprint density at radius 2 is 1.81 bits per heavy atom. The summed E-state index contributed by atoms with van der Waals surface area (Å²) in [6, 6.07) is 6.01. The lowest BCUT2D eigenvalue weighted by atomic mass is 9.79. The van der Waals surface area contributed by atoms with Gasteiger partial charge in [-0.25, -0.2) is 4.98 Å². The van der Waals surface area contributed by atoms with E-state index < -0.39 is 0 Å². The number of H-pyrrole nitrogens is 1. The van der Waals surface area contributed by atoms with Gasteiger partial charge < -0.3 is 15.0 Å². The summed E-state index contributed by atoms with van der Waals surface area (Å²) in [6.07, 6.45) is 9.28. The third-order valence-electron chi connectivity index (χ3n) is 5.97. The Morgan fingerprint density at radius 3 is 2.48 bits per heavy atom. The van der Waals surface area contributed by atoms with Crippen LogP contribution in [-0.2, 0) is 0 Å². The van der Waals surface area contributed by atoms with Crippen molar-refractivity contribution in [2.24, 2.45) is 0 Å². The van der Waals surface area contributed by atoms with Gasteiger partial charge >= 0.3 is 0 Å². The van der Waals surface area contributed by atoms with Crippen molar-refractivity contribution in [1.82, 2.24) is 35.3 Å². The number of aromatic nitrogens is 6. The summed E-state index contributed by atoms with van der Waals surface area (Å²) in [4.78, 5) is 4.44. The number of pyridine rings is 1. The van der Waals surface area contributed by atoms with Crippen molar-refractivity contribution in [3.63, 3.8) is 0 Å². The molecule has 3 N–H and O–H groups in total. The zero-order chi connectivity index (χ0) is 21.8. The smallest absolute Gasteiger partial charge is 0.162 e. The van der Waals surface area contributed by atoms with Gasteiger partial charge in [0.1, 0.15) is 17.1 Å². The Morgan fingerprint density at radius 1 is 1.03 bits per heavy atom. The topological polar surface area (TPSA) is 105 Å². The first-order valence-corrected chi connectivity index (χ1v) is 10.5. The highest BCUT2D eigenvalue weighted by atomic mass is 16.3. The number of nitrogens with one attached hydrogen (secondary N) is 2. The molecular formula is C23H27N7O. The van der Waals surface area contributed by atoms with Crippen LogP contribution >= 0.6 is 0 Å². The molecule has 31 heavy (non-hydrogen) atoms. The van der Waals surface area contributed by atoms with Crippen LogP contribution in [0.25, 0.3) is 33.5 Å². The lowest BCUT2D eigenvalue weighted by Gasteiger charge is -2.47. The molecule has 1 aliphatic heterocycles. The molecule has 8 heteroatoms. The molecule has 0 bridgehead atoms. The van der Waals surface area contributed by atoms with Crippen LogP contribution in [-0.4, -0.2) is 46.1 Å². The molecular weight excluding hydrogens is 390 g/mol. The van der Waals surface area contributed by atoms with Gasteiger partial charge in [0.25, 0.3) is 0 Å². The minimum absolute atomic E-state index is 0.0445. The van der Waals surface area contributed by atoms with E-state index in [-0.39, 0.29) is 16.8 Å². The van der Waals surface area contributed by atoms with E-state index in [4.69, 9.17) is 0 Å². The predicted molar refractivity (Wildman–Crippen MR) is 120 cm³/mol. The van der Waals surface area contributed by atoms with Crippen molar-refractivity contribution < 1.29 is 5.11 Å². The van der Waals surface area contributed by atoms with Gasteiger partial charge in [0.05, 0.1) is 6.20 Å². The Balaban J connectivity index is 1.49. The van der Waals surface area contributed by atoms with Gasteiger partial charge in [0.15, 0.2) is 5.65 Å². The SMILES string of the molecule is CC1(C)CC(n2ccc3cc(-c4ncc(-c5cn[nH]c5)cc4O)nnc32)CC(C)(C)N1. The summed E-state index contributed by atoms with van der Waals surface area (Å²) in [6.45, 7) is 8.99. The van der Waals surface area contributed by atoms with Gasteiger partial charge in [-0.3, -0.25) is 5.10 Å². The minimum atomic E-state index is 0.0445. The third kappa shape index (κ3) is 3.67. The molecule has 1 aliphatic rings. The lowest BCUT2D eigenvalue weighted by molar-refractivity contribution is 0.134. The van der Waals surface area contributed by atoms with Crippen molar-refractivity contribution in [3.05, 3.63) is 43.0 Å². The number of aromatic amines is 1. The summed E-state index contributed by atoms with van der Waals surface area (Å²) >= 11 is 0. The van der Waals surface area contributed by atoms with E-state index in [2.05, 4.69) is 75.2 Å². The molecule has 0 amide bonds. The maximum Gasteiger partial charge on any atom is 0.162 e. The van der Waals surface area contributed by atoms with Crippen LogP contribution in [0.1, 0.15) is 46.6 Å². The van der Waals surface area contributed by atoms with Gasteiger partial charge in [0.2, 0.25) is 0 Å². The molecule has 0 aromatic carbocycles. The molecule has 4 aromatic rings. The fraction of sp³-hybridized carbons (Fsp3) is 0.391. The molecule has 0 atom stereocenters. The highest BCUT2D eigenvalue weighted by Crippen LogP contribution is 2.38. The first kappa shape index (κ1) is 19.7. The van der Waals surface area contributed by atoms with Gasteiger partial charge in [-0.2, -0.15) is 5.10 Å². The molecule has 0 spiro atoms. The highest BCUT2D eigenvalue weighted by Gasteiger charge is 2.38. The Labute approximate surface area is 180 Å². The number of rotatable bonds is 3. The van der Waals surface area contributed by atoms with E-state index in [1.807, 2.05) is 6.07 Å². The standard InChI is InChI=1S/C23H27N7O/c1-22(2)9-17(10-23(3,4)29-22)30-6-5-14-7-18(27-28-21(14)30)20-19(31)8-15(11-24-20)16-12-25-26-13-16/h5-8,11-13,17,29,31H,9-10H2,1-4H3,(H,25,26). The largest absolute Gasteiger partial charge is 0.506 e. The lowest BCUT2D eigenvalue weighted by Crippen LogP contribution is -2.57. The summed E-state index contributed by atoms with van der Waals surface area (Å²) < 4.78 is 2.24. The Hall–Kier alpha value is -3.26. The second kappa shape index (κ2) is 6.88. The average Bonchev–Trinajstić information content (AvgIpc) is 3.35. The molecule has 0 radical (unpaired) electrons. The summed E-state index contributed by atoms with van der Waals surface area (Å²) in [5.74, 6) is 0.0636. The first-order chi connectivity index (χ1) is 14.7. The maximum absolute atomic E-state index is 10.6. The molecule has 1 fully saturated rings. The Kier molecular flexibility index (Phi) is 4.37. The van der Waals surface area contributed by atoms with Gasteiger partial charge in [0, 0.05) is 52.2 Å². The second-order valence-corrected chi connectivity index (χ2v) is 9.77. The number of nitrogens with zero attached hydrogens (tertiary/aromatic N) is 5. The molecule has 0 saturated carbocycles. The zero-order valence-electron chi connectivity index (χ0n) is 18.2. The van der Waals surface area contributed by atoms with E-state index in [9.17, 15) is 5.11 Å². The van der Waals surface area contributed by atoms with Crippen molar-refractivity contribution >= 4 is 11.0 Å². The van der Waals surface area contributed by atoms with Gasteiger partial charge in [-0.15, -0.1) is 10.2 Å². The van der Waals surface area contributed by atoms with E-state index in [1.165, 1.54) is 0 Å². The fourth-order valence-corrected chi connectivity index (χ4v) is 5.05. The van der Waals surface area contributed by atoms with Crippen LogP contribution in [0.2, 0.25) is 0 Å². The van der Waals surface area contributed by atoms with Gasteiger partial charge in [-0.05, 0) is 58.7 Å². The van der Waals surface area contributed by atoms with E-state index >= 15 is 0 Å². The minimum Gasteiger partial charge on any atom is -0.506 e. The highest BCUT2D eigenvalue weighted by molar-refractivity contribution is 5.81. The molecule has 5 heterocycles. The summed E-state index contributed by atoms with van der Waals surface area (Å²) in [5.41, 5.74) is 3.56. The number of hydrogen-bond acceptors (Lipinski definition) is 6. The first-order valence-electron chi connectivity index (χ1n) is 10.5. The van der Waals surface area contributed by atoms with Crippen LogP contribution in [0.3, 0.4) is 0 Å². The van der Waals surface area contributed by atoms with Crippen molar-refractivity contribution in [1.29, 1.82) is 0 Å². The summed E-state index contributed by atoms with van der Waals surface area (Å²) in [7, 11) is 0. The molecule has 5 rings (SSSR count). The van der Waals surface area contributed by atoms with Gasteiger partial charge in [-0.1, -0.05) is 0 Å². The third-order valence-corrected chi connectivity index (χ3v) is 5.97. The number of fused-ring (bicyclic) bond motifs is 1. The summed E-state index contributed by atoms with van der Waals surface area (Å²) in [5, 5.41) is 30.9. The number of piperidine rings is 1. The normalized spacial score (nSPS) is 18.5. The average molecular weight is 418 g/mol. The fourth-order valence-electron chi connectivity index (χ4n) is 5.05. The molecule has 4 aromatic heterocycles. The zero-order valence-corrected chi connectivity index (χ0v) is 18.2.